The molecule has 1 aromatic heterocycles. The molecular formula is C13H13Br2NS. The number of hydrogen-bond donors (Lipinski definition) is 1. The standard InChI is InChI=1S/C13H13Br2NS/c1-9-2-3-10(4-13(9)15)6-16-7-12-5-11(14)8-17-12/h2-5,8,16H,6-7H2,1H3. The fourth-order valence-electron chi connectivity index (χ4n) is 1.52. The van der Waals surface area contributed by atoms with Crippen molar-refractivity contribution >= 4 is 43.2 Å². The topological polar surface area (TPSA) is 12.0 Å². The number of halogens is 2. The van der Waals surface area contributed by atoms with Crippen LogP contribution >= 0.6 is 43.2 Å². The number of nitrogens with one attached hydrogen (secondary N) is 1. The summed E-state index contributed by atoms with van der Waals surface area (Å²) in [7, 11) is 0. The average molecular weight is 375 g/mol. The zero-order valence-corrected chi connectivity index (χ0v) is 13.5. The highest BCUT2D eigenvalue weighted by Crippen LogP contribution is 2.20. The second-order valence-electron chi connectivity index (χ2n) is 3.92. The van der Waals surface area contributed by atoms with Crippen LogP contribution in [-0.4, -0.2) is 0 Å². The van der Waals surface area contributed by atoms with Gasteiger partial charge in [0.15, 0.2) is 0 Å². The summed E-state index contributed by atoms with van der Waals surface area (Å²) in [5, 5.41) is 5.56. The zero-order chi connectivity index (χ0) is 12.3. The van der Waals surface area contributed by atoms with Gasteiger partial charge in [0, 0.05) is 32.3 Å². The lowest BCUT2D eigenvalue weighted by molar-refractivity contribution is 0.700. The minimum Gasteiger partial charge on any atom is -0.308 e. The Morgan fingerprint density at radius 1 is 1.18 bits per heavy atom. The molecule has 2 rings (SSSR count). The van der Waals surface area contributed by atoms with E-state index in [-0.39, 0.29) is 0 Å². The molecule has 0 atom stereocenters. The van der Waals surface area contributed by atoms with Gasteiger partial charge in [0.25, 0.3) is 0 Å². The van der Waals surface area contributed by atoms with Gasteiger partial charge in [0.2, 0.25) is 0 Å². The summed E-state index contributed by atoms with van der Waals surface area (Å²) in [5.74, 6) is 0. The quantitative estimate of drug-likeness (QED) is 0.804. The Morgan fingerprint density at radius 2 is 2.00 bits per heavy atom. The van der Waals surface area contributed by atoms with Gasteiger partial charge < -0.3 is 5.32 Å². The van der Waals surface area contributed by atoms with Crippen molar-refractivity contribution in [3.8, 4) is 0 Å². The molecule has 0 fully saturated rings. The van der Waals surface area contributed by atoms with Crippen molar-refractivity contribution in [2.45, 2.75) is 20.0 Å². The number of aryl methyl sites for hydroxylation is 1. The van der Waals surface area contributed by atoms with Gasteiger partial charge in [-0.15, -0.1) is 11.3 Å². The van der Waals surface area contributed by atoms with Gasteiger partial charge in [0.05, 0.1) is 0 Å². The van der Waals surface area contributed by atoms with Crippen LogP contribution < -0.4 is 5.32 Å². The molecule has 2 aromatic rings. The van der Waals surface area contributed by atoms with Gasteiger partial charge in [-0.1, -0.05) is 28.1 Å². The average Bonchev–Trinajstić information content (AvgIpc) is 2.70. The first-order valence-corrected chi connectivity index (χ1v) is 7.80. The first kappa shape index (κ1) is 13.3. The summed E-state index contributed by atoms with van der Waals surface area (Å²) in [4.78, 5) is 1.35. The molecule has 90 valence electrons. The third-order valence-electron chi connectivity index (χ3n) is 2.49. The first-order chi connectivity index (χ1) is 8.15. The van der Waals surface area contributed by atoms with E-state index in [0.717, 1.165) is 17.6 Å². The van der Waals surface area contributed by atoms with Crippen LogP contribution in [-0.2, 0) is 13.1 Å². The maximum Gasteiger partial charge on any atom is 0.0303 e. The Labute approximate surface area is 123 Å². The van der Waals surface area contributed by atoms with Crippen LogP contribution in [0.5, 0.6) is 0 Å². The van der Waals surface area contributed by atoms with E-state index >= 15 is 0 Å². The van der Waals surface area contributed by atoms with Gasteiger partial charge in [0.1, 0.15) is 0 Å². The molecule has 1 N–H and O–H groups in total. The van der Waals surface area contributed by atoms with E-state index in [0.29, 0.717) is 0 Å². The molecule has 0 spiro atoms. The smallest absolute Gasteiger partial charge is 0.0303 e. The third kappa shape index (κ3) is 3.91. The molecule has 0 bridgehead atoms. The Morgan fingerprint density at radius 3 is 2.65 bits per heavy atom. The monoisotopic (exact) mass is 373 g/mol. The summed E-state index contributed by atoms with van der Waals surface area (Å²) < 4.78 is 2.34. The van der Waals surface area contributed by atoms with Crippen LogP contribution in [0.2, 0.25) is 0 Å². The fourth-order valence-corrected chi connectivity index (χ4v) is 3.37. The first-order valence-electron chi connectivity index (χ1n) is 5.34. The SMILES string of the molecule is Cc1ccc(CNCc2cc(Br)cs2)cc1Br. The highest BCUT2D eigenvalue weighted by atomic mass is 79.9. The maximum atomic E-state index is 3.55. The van der Waals surface area contributed by atoms with Gasteiger partial charge in [-0.25, -0.2) is 0 Å². The van der Waals surface area contributed by atoms with E-state index in [2.05, 4.69) is 73.7 Å². The summed E-state index contributed by atoms with van der Waals surface area (Å²) >= 11 is 8.79. The van der Waals surface area contributed by atoms with Crippen LogP contribution in [0.15, 0.2) is 38.6 Å². The molecule has 0 amide bonds. The Hall–Kier alpha value is -0.160. The highest BCUT2D eigenvalue weighted by molar-refractivity contribution is 9.10. The summed E-state index contributed by atoms with van der Waals surface area (Å²) in [6.45, 7) is 3.92. The molecule has 1 nitrogen and oxygen atoms in total. The van der Waals surface area contributed by atoms with Crippen molar-refractivity contribution in [1.82, 2.24) is 5.32 Å². The van der Waals surface area contributed by atoms with E-state index in [1.165, 1.54) is 20.5 Å². The number of thiophene rings is 1. The Bertz CT molecular complexity index is 508. The maximum absolute atomic E-state index is 3.55. The molecular weight excluding hydrogens is 362 g/mol. The van der Waals surface area contributed by atoms with E-state index in [4.69, 9.17) is 0 Å². The Balaban J connectivity index is 1.87. The highest BCUT2D eigenvalue weighted by Gasteiger charge is 1.99. The minimum atomic E-state index is 0.897. The molecule has 0 unspecified atom stereocenters. The van der Waals surface area contributed by atoms with Crippen molar-refractivity contribution < 1.29 is 0 Å². The van der Waals surface area contributed by atoms with Crippen molar-refractivity contribution in [2.24, 2.45) is 0 Å². The minimum absolute atomic E-state index is 0.897. The number of rotatable bonds is 4. The molecule has 0 saturated heterocycles. The van der Waals surface area contributed by atoms with E-state index in [9.17, 15) is 0 Å². The lowest BCUT2D eigenvalue weighted by Gasteiger charge is -2.05. The van der Waals surface area contributed by atoms with Gasteiger partial charge >= 0.3 is 0 Å². The fraction of sp³-hybridized carbons (Fsp3) is 0.231. The lowest BCUT2D eigenvalue weighted by Crippen LogP contribution is -2.11. The van der Waals surface area contributed by atoms with Crippen molar-refractivity contribution in [2.75, 3.05) is 0 Å². The van der Waals surface area contributed by atoms with Crippen molar-refractivity contribution in [3.05, 3.63) is 54.6 Å². The van der Waals surface area contributed by atoms with Gasteiger partial charge in [-0.05, 0) is 46.1 Å². The molecule has 0 aliphatic rings. The second kappa shape index (κ2) is 6.14. The van der Waals surface area contributed by atoms with E-state index < -0.39 is 0 Å². The van der Waals surface area contributed by atoms with E-state index in [1.54, 1.807) is 11.3 Å². The molecule has 1 aromatic carbocycles. The third-order valence-corrected chi connectivity index (χ3v) is 5.04. The molecule has 0 aliphatic heterocycles. The van der Waals surface area contributed by atoms with E-state index in [1.807, 2.05) is 0 Å². The van der Waals surface area contributed by atoms with Crippen molar-refractivity contribution in [1.29, 1.82) is 0 Å². The summed E-state index contributed by atoms with van der Waals surface area (Å²) in [6, 6.07) is 8.63. The Kier molecular flexibility index (Phi) is 4.79. The molecule has 1 heterocycles. The van der Waals surface area contributed by atoms with Crippen LogP contribution in [0, 0.1) is 6.92 Å². The molecule has 0 radical (unpaired) electrons. The molecule has 17 heavy (non-hydrogen) atoms. The van der Waals surface area contributed by atoms with Crippen molar-refractivity contribution in [3.63, 3.8) is 0 Å². The van der Waals surface area contributed by atoms with Crippen LogP contribution in [0.3, 0.4) is 0 Å². The van der Waals surface area contributed by atoms with Crippen LogP contribution in [0.4, 0.5) is 0 Å². The number of hydrogen-bond acceptors (Lipinski definition) is 2. The second-order valence-corrected chi connectivity index (χ2v) is 6.68. The molecule has 4 heteroatoms. The summed E-state index contributed by atoms with van der Waals surface area (Å²) in [6.07, 6.45) is 0. The predicted octanol–water partition coefficient (Wildman–Crippen LogP) is 4.87. The summed E-state index contributed by atoms with van der Waals surface area (Å²) in [5.41, 5.74) is 2.58. The van der Waals surface area contributed by atoms with Crippen LogP contribution in [0.1, 0.15) is 16.0 Å². The normalized spacial score (nSPS) is 10.8. The predicted molar refractivity (Wildman–Crippen MR) is 81.4 cm³/mol. The van der Waals surface area contributed by atoms with Gasteiger partial charge in [-0.3, -0.25) is 0 Å². The van der Waals surface area contributed by atoms with Gasteiger partial charge in [-0.2, -0.15) is 0 Å². The number of benzene rings is 1. The lowest BCUT2D eigenvalue weighted by atomic mass is 10.1. The van der Waals surface area contributed by atoms with Crippen LogP contribution in [0.25, 0.3) is 0 Å². The largest absolute Gasteiger partial charge is 0.308 e. The molecule has 0 aliphatic carbocycles. The zero-order valence-electron chi connectivity index (χ0n) is 9.47. The molecule has 0 saturated carbocycles.